The second kappa shape index (κ2) is 10.5. The number of carbonyl (C=O) groups is 2. The smallest absolute Gasteiger partial charge is 0.293 e. The molecular weight excluding hydrogens is 500 g/mol. The first-order valence-corrected chi connectivity index (χ1v) is 11.7. The van der Waals surface area contributed by atoms with Crippen molar-refractivity contribution in [2.24, 2.45) is 0 Å². The van der Waals surface area contributed by atoms with E-state index >= 15 is 0 Å². The van der Waals surface area contributed by atoms with Crippen molar-refractivity contribution in [2.75, 3.05) is 7.11 Å². The Balaban J connectivity index is 1.52. The van der Waals surface area contributed by atoms with E-state index in [1.165, 1.54) is 24.1 Å². The maximum absolute atomic E-state index is 13.1. The van der Waals surface area contributed by atoms with Crippen LogP contribution in [0.3, 0.4) is 0 Å². The monoisotopic (exact) mass is 517 g/mol. The second-order valence-electron chi connectivity index (χ2n) is 7.34. The zero-order chi connectivity index (χ0) is 24.2. The number of imide groups is 1. The van der Waals surface area contributed by atoms with E-state index in [-0.39, 0.29) is 34.1 Å². The molecule has 1 aliphatic rings. The fourth-order valence-corrected chi connectivity index (χ4v) is 4.50. The first-order chi connectivity index (χ1) is 16.3. The van der Waals surface area contributed by atoms with Crippen LogP contribution < -0.4 is 9.47 Å². The summed E-state index contributed by atoms with van der Waals surface area (Å²) in [6.45, 7) is 0.318. The van der Waals surface area contributed by atoms with E-state index in [9.17, 15) is 14.0 Å². The molecule has 0 bridgehead atoms. The third kappa shape index (κ3) is 5.55. The Morgan fingerprint density at radius 3 is 2.35 bits per heavy atom. The Labute approximate surface area is 210 Å². The number of benzene rings is 3. The number of hydrogen-bond acceptors (Lipinski definition) is 5. The summed E-state index contributed by atoms with van der Waals surface area (Å²) in [6.07, 6.45) is 1.59. The van der Waals surface area contributed by atoms with Crippen molar-refractivity contribution in [3.8, 4) is 11.5 Å². The molecular formula is C25H18Cl2FNO4S. The van der Waals surface area contributed by atoms with Crippen LogP contribution in [0.1, 0.15) is 16.7 Å². The molecule has 2 amide bonds. The molecule has 0 aromatic heterocycles. The summed E-state index contributed by atoms with van der Waals surface area (Å²) in [5.74, 6) is -0.0410. The highest BCUT2D eigenvalue weighted by molar-refractivity contribution is 8.18. The normalized spacial score (nSPS) is 14.7. The molecule has 4 rings (SSSR count). The quantitative estimate of drug-likeness (QED) is 0.317. The van der Waals surface area contributed by atoms with Gasteiger partial charge < -0.3 is 9.47 Å². The molecule has 1 aliphatic heterocycles. The fraction of sp³-hybridized carbons (Fsp3) is 0.120. The van der Waals surface area contributed by atoms with E-state index in [1.54, 1.807) is 54.6 Å². The number of rotatable bonds is 7. The molecule has 0 atom stereocenters. The average Bonchev–Trinajstić information content (AvgIpc) is 3.07. The average molecular weight is 518 g/mol. The van der Waals surface area contributed by atoms with E-state index in [2.05, 4.69) is 0 Å². The molecule has 9 heteroatoms. The van der Waals surface area contributed by atoms with Crippen molar-refractivity contribution in [1.29, 1.82) is 0 Å². The van der Waals surface area contributed by atoms with Crippen LogP contribution in [0.15, 0.2) is 65.6 Å². The van der Waals surface area contributed by atoms with Crippen LogP contribution >= 0.6 is 35.0 Å². The van der Waals surface area contributed by atoms with Gasteiger partial charge in [0.2, 0.25) is 0 Å². The Morgan fingerprint density at radius 2 is 1.68 bits per heavy atom. The molecule has 0 aliphatic carbocycles. The van der Waals surface area contributed by atoms with Crippen LogP contribution in [0.4, 0.5) is 9.18 Å². The van der Waals surface area contributed by atoms with Crippen LogP contribution in [0, 0.1) is 5.82 Å². The van der Waals surface area contributed by atoms with Crippen molar-refractivity contribution < 1.29 is 23.5 Å². The van der Waals surface area contributed by atoms with Crippen molar-refractivity contribution in [3.05, 3.63) is 98.1 Å². The molecule has 0 saturated carbocycles. The highest BCUT2D eigenvalue weighted by Crippen LogP contribution is 2.39. The summed E-state index contributed by atoms with van der Waals surface area (Å²) in [5, 5.41) is 0.491. The summed E-state index contributed by atoms with van der Waals surface area (Å²) in [5.41, 5.74) is 2.13. The molecule has 1 heterocycles. The lowest BCUT2D eigenvalue weighted by Gasteiger charge is -2.14. The molecule has 1 saturated heterocycles. The van der Waals surface area contributed by atoms with Gasteiger partial charge in [-0.05, 0) is 70.9 Å². The largest absolute Gasteiger partial charge is 0.493 e. The summed E-state index contributed by atoms with van der Waals surface area (Å²) in [7, 11) is 1.47. The van der Waals surface area contributed by atoms with Gasteiger partial charge in [0.1, 0.15) is 12.4 Å². The predicted octanol–water partition coefficient (Wildman–Crippen LogP) is 6.96. The molecule has 0 radical (unpaired) electrons. The van der Waals surface area contributed by atoms with Gasteiger partial charge in [-0.1, -0.05) is 47.5 Å². The number of carbonyl (C=O) groups excluding carboxylic acids is 2. The number of hydrogen-bond donors (Lipinski definition) is 0. The molecule has 1 fully saturated rings. The minimum absolute atomic E-state index is 0.152. The molecule has 0 spiro atoms. The fourth-order valence-electron chi connectivity index (χ4n) is 3.26. The number of ether oxygens (including phenoxy) is 2. The minimum Gasteiger partial charge on any atom is -0.493 e. The number of nitrogens with zero attached hydrogens (tertiary/aromatic N) is 1. The topological polar surface area (TPSA) is 55.8 Å². The van der Waals surface area contributed by atoms with Crippen molar-refractivity contribution in [1.82, 2.24) is 4.90 Å². The SMILES string of the molecule is COc1cc(C=C2SC(=O)N(Cc3ccc(Cl)cc3)C2=O)cc(Cl)c1OCc1ccc(F)cc1. The van der Waals surface area contributed by atoms with Crippen molar-refractivity contribution in [2.45, 2.75) is 13.2 Å². The molecule has 174 valence electrons. The molecule has 34 heavy (non-hydrogen) atoms. The molecule has 0 unspecified atom stereocenters. The van der Waals surface area contributed by atoms with E-state index in [1.807, 2.05) is 0 Å². The van der Waals surface area contributed by atoms with Crippen molar-refractivity contribution in [3.63, 3.8) is 0 Å². The lowest BCUT2D eigenvalue weighted by atomic mass is 10.1. The Hall–Kier alpha value is -3.00. The molecule has 0 N–H and O–H groups in total. The van der Waals surface area contributed by atoms with E-state index in [0.29, 0.717) is 22.1 Å². The van der Waals surface area contributed by atoms with Gasteiger partial charge in [-0.2, -0.15) is 0 Å². The number of amides is 2. The van der Waals surface area contributed by atoms with Gasteiger partial charge in [0.25, 0.3) is 11.1 Å². The highest BCUT2D eigenvalue weighted by Gasteiger charge is 2.35. The lowest BCUT2D eigenvalue weighted by Crippen LogP contribution is -2.27. The maximum Gasteiger partial charge on any atom is 0.293 e. The van der Waals surface area contributed by atoms with Gasteiger partial charge in [0.15, 0.2) is 11.5 Å². The van der Waals surface area contributed by atoms with E-state index < -0.39 is 5.91 Å². The van der Waals surface area contributed by atoms with Gasteiger partial charge in [0, 0.05) is 5.02 Å². The minimum atomic E-state index is -0.392. The van der Waals surface area contributed by atoms with Crippen LogP contribution in [0.25, 0.3) is 6.08 Å². The van der Waals surface area contributed by atoms with Crippen LogP contribution in [0.5, 0.6) is 11.5 Å². The van der Waals surface area contributed by atoms with Crippen LogP contribution in [-0.4, -0.2) is 23.2 Å². The van der Waals surface area contributed by atoms with Gasteiger partial charge in [-0.3, -0.25) is 14.5 Å². The molecule has 5 nitrogen and oxygen atoms in total. The third-order valence-electron chi connectivity index (χ3n) is 4.97. The Bertz CT molecular complexity index is 1260. The maximum atomic E-state index is 13.1. The summed E-state index contributed by atoms with van der Waals surface area (Å²) in [6, 6.07) is 16.2. The summed E-state index contributed by atoms with van der Waals surface area (Å²) in [4.78, 5) is 26.8. The van der Waals surface area contributed by atoms with Crippen LogP contribution in [-0.2, 0) is 17.9 Å². The Kier molecular flexibility index (Phi) is 7.46. The number of thioether (sulfide) groups is 1. The van der Waals surface area contributed by atoms with Gasteiger partial charge in [-0.15, -0.1) is 0 Å². The first kappa shape index (κ1) is 24.1. The molecule has 3 aromatic carbocycles. The summed E-state index contributed by atoms with van der Waals surface area (Å²) < 4.78 is 24.3. The van der Waals surface area contributed by atoms with E-state index in [0.717, 1.165) is 22.9 Å². The zero-order valence-electron chi connectivity index (χ0n) is 17.9. The van der Waals surface area contributed by atoms with E-state index in [4.69, 9.17) is 32.7 Å². The molecule has 3 aromatic rings. The highest BCUT2D eigenvalue weighted by atomic mass is 35.5. The zero-order valence-corrected chi connectivity index (χ0v) is 20.2. The predicted molar refractivity (Wildman–Crippen MR) is 132 cm³/mol. The van der Waals surface area contributed by atoms with Crippen molar-refractivity contribution >= 4 is 52.2 Å². The first-order valence-electron chi connectivity index (χ1n) is 10.1. The number of methoxy groups -OCH3 is 1. The van der Waals surface area contributed by atoms with Gasteiger partial charge in [0.05, 0.1) is 23.6 Å². The number of halogens is 3. The standard InChI is InChI=1S/C25H18Cl2FNO4S/c1-32-21-11-17(10-20(27)23(21)33-14-16-4-8-19(28)9-5-16)12-22-24(30)29(25(31)34-22)13-15-2-6-18(26)7-3-15/h2-12H,13-14H2,1H3. The summed E-state index contributed by atoms with van der Waals surface area (Å²) >= 11 is 13.2. The Morgan fingerprint density at radius 1 is 1.00 bits per heavy atom. The lowest BCUT2D eigenvalue weighted by molar-refractivity contribution is -0.123. The van der Waals surface area contributed by atoms with Gasteiger partial charge >= 0.3 is 0 Å². The van der Waals surface area contributed by atoms with Gasteiger partial charge in [-0.25, -0.2) is 4.39 Å². The second-order valence-corrected chi connectivity index (χ2v) is 9.18. The third-order valence-corrected chi connectivity index (χ3v) is 6.41. The van der Waals surface area contributed by atoms with Crippen LogP contribution in [0.2, 0.25) is 10.0 Å².